The molecule has 0 saturated carbocycles. The number of rotatable bonds is 4. The number of benzene rings is 1. The summed E-state index contributed by atoms with van der Waals surface area (Å²) in [4.78, 5) is 11.7. The minimum Gasteiger partial charge on any atom is -0.508 e. The molecule has 0 spiro atoms. The Morgan fingerprint density at radius 3 is 2.60 bits per heavy atom. The van der Waals surface area contributed by atoms with Gasteiger partial charge in [-0.25, -0.2) is 4.79 Å². The van der Waals surface area contributed by atoms with Crippen LogP contribution >= 0.6 is 0 Å². The zero-order chi connectivity index (χ0) is 15.3. The van der Waals surface area contributed by atoms with E-state index >= 15 is 0 Å². The van der Waals surface area contributed by atoms with Gasteiger partial charge in [0.05, 0.1) is 6.10 Å². The maximum absolute atomic E-state index is 11.7. The highest BCUT2D eigenvalue weighted by atomic mass is 16.6. The van der Waals surface area contributed by atoms with E-state index in [0.29, 0.717) is 24.1 Å². The second-order valence-electron chi connectivity index (χ2n) is 5.86. The summed E-state index contributed by atoms with van der Waals surface area (Å²) in [6.45, 7) is 7.06. The highest BCUT2D eigenvalue weighted by Crippen LogP contribution is 2.23. The van der Waals surface area contributed by atoms with Gasteiger partial charge in [0.2, 0.25) is 0 Å². The number of phenols is 1. The number of aryl methyl sites for hydroxylation is 1. The highest BCUT2D eigenvalue weighted by Gasteiger charge is 2.16. The number of aliphatic hydroxyl groups is 1. The topological polar surface area (TPSA) is 78.8 Å². The number of aliphatic hydroxyl groups excluding tert-OH is 1. The van der Waals surface area contributed by atoms with Crippen molar-refractivity contribution in [2.24, 2.45) is 0 Å². The lowest BCUT2D eigenvalue weighted by Gasteiger charge is -2.20. The molecule has 0 fully saturated rings. The Labute approximate surface area is 119 Å². The van der Waals surface area contributed by atoms with Gasteiger partial charge in [0.15, 0.2) is 0 Å². The second-order valence-corrected chi connectivity index (χ2v) is 5.86. The molecule has 20 heavy (non-hydrogen) atoms. The van der Waals surface area contributed by atoms with Crippen molar-refractivity contribution in [2.45, 2.75) is 52.2 Å². The van der Waals surface area contributed by atoms with Crippen LogP contribution in [0.1, 0.15) is 39.7 Å². The molecule has 1 aromatic rings. The first-order valence-electron chi connectivity index (χ1n) is 6.67. The fourth-order valence-electron chi connectivity index (χ4n) is 1.65. The van der Waals surface area contributed by atoms with Crippen LogP contribution in [-0.4, -0.2) is 28.0 Å². The molecular weight excluding hydrogens is 258 g/mol. The minimum atomic E-state index is -0.559. The van der Waals surface area contributed by atoms with Crippen LogP contribution in [0.25, 0.3) is 0 Å². The number of carbonyl (C=O) groups excluding carboxylic acids is 1. The first-order chi connectivity index (χ1) is 9.17. The Balaban J connectivity index is 2.72. The van der Waals surface area contributed by atoms with E-state index in [1.165, 1.54) is 6.07 Å². The van der Waals surface area contributed by atoms with Crippen LogP contribution in [0.5, 0.6) is 5.75 Å². The van der Waals surface area contributed by atoms with Gasteiger partial charge in [-0.15, -0.1) is 0 Å². The van der Waals surface area contributed by atoms with Gasteiger partial charge in [-0.05, 0) is 64.3 Å². The summed E-state index contributed by atoms with van der Waals surface area (Å²) >= 11 is 0. The summed E-state index contributed by atoms with van der Waals surface area (Å²) in [7, 11) is 0. The van der Waals surface area contributed by atoms with Crippen molar-refractivity contribution >= 4 is 11.8 Å². The van der Waals surface area contributed by atoms with Gasteiger partial charge in [-0.1, -0.05) is 0 Å². The monoisotopic (exact) mass is 281 g/mol. The van der Waals surface area contributed by atoms with Gasteiger partial charge in [0.25, 0.3) is 0 Å². The second kappa shape index (κ2) is 6.61. The van der Waals surface area contributed by atoms with Crippen molar-refractivity contribution in [3.05, 3.63) is 23.8 Å². The molecule has 0 unspecified atom stereocenters. The van der Waals surface area contributed by atoms with Crippen molar-refractivity contribution in [2.75, 3.05) is 5.32 Å². The van der Waals surface area contributed by atoms with E-state index in [4.69, 9.17) is 4.74 Å². The van der Waals surface area contributed by atoms with Gasteiger partial charge in [-0.2, -0.15) is 0 Å². The maximum Gasteiger partial charge on any atom is 0.412 e. The summed E-state index contributed by atoms with van der Waals surface area (Å²) in [5, 5.41) is 21.6. The van der Waals surface area contributed by atoms with Crippen LogP contribution in [0.2, 0.25) is 0 Å². The van der Waals surface area contributed by atoms with Crippen molar-refractivity contribution in [3.63, 3.8) is 0 Å². The Bertz CT molecular complexity index is 463. The number of ether oxygens (including phenoxy) is 1. The van der Waals surface area contributed by atoms with Crippen molar-refractivity contribution in [1.82, 2.24) is 0 Å². The fourth-order valence-corrected chi connectivity index (χ4v) is 1.65. The molecule has 0 radical (unpaired) electrons. The van der Waals surface area contributed by atoms with E-state index in [-0.39, 0.29) is 5.75 Å². The van der Waals surface area contributed by atoms with E-state index < -0.39 is 17.8 Å². The predicted octanol–water partition coefficient (Wildman–Crippen LogP) is 3.05. The first-order valence-corrected chi connectivity index (χ1v) is 6.67. The number of carbonyl (C=O) groups is 1. The third kappa shape index (κ3) is 5.93. The molecule has 1 amide bonds. The number of anilines is 1. The zero-order valence-corrected chi connectivity index (χ0v) is 12.4. The lowest BCUT2D eigenvalue weighted by Crippen LogP contribution is -2.27. The molecule has 0 aliphatic carbocycles. The van der Waals surface area contributed by atoms with Crippen molar-refractivity contribution in [1.29, 1.82) is 0 Å². The van der Waals surface area contributed by atoms with E-state index in [9.17, 15) is 15.0 Å². The number of hydrogen-bond donors (Lipinski definition) is 3. The number of amides is 1. The Hall–Kier alpha value is -1.75. The Kier molecular flexibility index (Phi) is 5.39. The summed E-state index contributed by atoms with van der Waals surface area (Å²) in [5.41, 5.74) is 0.674. The molecule has 1 atom stereocenters. The average Bonchev–Trinajstić information content (AvgIpc) is 2.27. The molecule has 3 N–H and O–H groups in total. The Morgan fingerprint density at radius 1 is 1.40 bits per heavy atom. The maximum atomic E-state index is 11.7. The lowest BCUT2D eigenvalue weighted by atomic mass is 10.1. The summed E-state index contributed by atoms with van der Waals surface area (Å²) in [6.07, 6.45) is 0.109. The predicted molar refractivity (Wildman–Crippen MR) is 78.0 cm³/mol. The third-order valence-corrected chi connectivity index (χ3v) is 2.56. The third-order valence-electron chi connectivity index (χ3n) is 2.56. The van der Waals surface area contributed by atoms with Crippen LogP contribution < -0.4 is 5.32 Å². The summed E-state index contributed by atoms with van der Waals surface area (Å²) < 4.78 is 5.16. The molecular formula is C15H23NO4. The van der Waals surface area contributed by atoms with Gasteiger partial charge in [-0.3, -0.25) is 5.32 Å². The van der Waals surface area contributed by atoms with Crippen LogP contribution in [0.4, 0.5) is 10.5 Å². The smallest absolute Gasteiger partial charge is 0.412 e. The number of nitrogens with one attached hydrogen (secondary N) is 1. The van der Waals surface area contributed by atoms with Crippen LogP contribution in [-0.2, 0) is 11.2 Å². The molecule has 0 heterocycles. The number of aromatic hydroxyl groups is 1. The molecule has 0 saturated heterocycles. The minimum absolute atomic E-state index is 0.153. The first kappa shape index (κ1) is 16.3. The molecule has 5 heteroatoms. The molecule has 0 aliphatic heterocycles. The molecule has 112 valence electrons. The lowest BCUT2D eigenvalue weighted by molar-refractivity contribution is 0.0636. The van der Waals surface area contributed by atoms with E-state index in [1.807, 2.05) is 0 Å². The van der Waals surface area contributed by atoms with E-state index in [2.05, 4.69) is 5.32 Å². The van der Waals surface area contributed by atoms with Gasteiger partial charge >= 0.3 is 6.09 Å². The average molecular weight is 281 g/mol. The van der Waals surface area contributed by atoms with Gasteiger partial charge in [0.1, 0.15) is 11.4 Å². The molecule has 5 nitrogen and oxygen atoms in total. The largest absolute Gasteiger partial charge is 0.508 e. The quantitative estimate of drug-likeness (QED) is 0.741. The molecule has 0 bridgehead atoms. The summed E-state index contributed by atoms with van der Waals surface area (Å²) in [5.74, 6) is 0.153. The molecule has 0 aliphatic rings. The normalized spacial score (nSPS) is 12.8. The molecule has 1 rings (SSSR count). The highest BCUT2D eigenvalue weighted by molar-refractivity contribution is 5.85. The number of phenolic OH excluding ortho intramolecular Hbond substituents is 1. The van der Waals surface area contributed by atoms with Gasteiger partial charge < -0.3 is 14.9 Å². The standard InChI is InChI=1S/C15H23NO4/c1-10(17)5-6-11-9-12(7-8-13(11)18)16-14(19)20-15(2,3)4/h7-10,17-18H,5-6H2,1-4H3,(H,16,19)/t10-/m0/s1. The molecule has 0 aromatic heterocycles. The van der Waals surface area contributed by atoms with E-state index in [0.717, 1.165) is 0 Å². The van der Waals surface area contributed by atoms with Crippen LogP contribution in [0.15, 0.2) is 18.2 Å². The van der Waals surface area contributed by atoms with Crippen LogP contribution in [0.3, 0.4) is 0 Å². The molecule has 1 aromatic carbocycles. The fraction of sp³-hybridized carbons (Fsp3) is 0.533. The number of hydrogen-bond acceptors (Lipinski definition) is 4. The summed E-state index contributed by atoms with van der Waals surface area (Å²) in [6, 6.07) is 4.80. The van der Waals surface area contributed by atoms with E-state index in [1.54, 1.807) is 39.8 Å². The van der Waals surface area contributed by atoms with Crippen molar-refractivity contribution < 1.29 is 19.7 Å². The van der Waals surface area contributed by atoms with Crippen molar-refractivity contribution in [3.8, 4) is 5.75 Å². The zero-order valence-electron chi connectivity index (χ0n) is 12.4. The Morgan fingerprint density at radius 2 is 2.05 bits per heavy atom. The SMILES string of the molecule is C[C@H](O)CCc1cc(NC(=O)OC(C)(C)C)ccc1O. The van der Waals surface area contributed by atoms with Gasteiger partial charge in [0, 0.05) is 5.69 Å². The van der Waals surface area contributed by atoms with Crippen LogP contribution in [0, 0.1) is 0 Å².